The number of aromatic nitrogens is 2. The maximum absolute atomic E-state index is 5.45. The Morgan fingerprint density at radius 3 is 2.73 bits per heavy atom. The van der Waals surface area contributed by atoms with Crippen molar-refractivity contribution >= 4 is 11.3 Å². The molecule has 0 aliphatic carbocycles. The predicted molar refractivity (Wildman–Crippen MR) is 86.8 cm³/mol. The average molecular weight is 311 g/mol. The molecular formula is C17H17N3OS. The summed E-state index contributed by atoms with van der Waals surface area (Å²) in [7, 11) is 0. The fourth-order valence-electron chi connectivity index (χ4n) is 2.83. The highest BCUT2D eigenvalue weighted by atomic mass is 32.1. The smallest absolute Gasteiger partial charge is 0.232 e. The Morgan fingerprint density at radius 2 is 2.00 bits per heavy atom. The second kappa shape index (κ2) is 5.66. The van der Waals surface area contributed by atoms with E-state index in [1.165, 1.54) is 5.56 Å². The van der Waals surface area contributed by atoms with Crippen LogP contribution in [0.3, 0.4) is 0 Å². The van der Waals surface area contributed by atoms with Crippen LogP contribution in [0, 0.1) is 0 Å². The van der Waals surface area contributed by atoms with Crippen LogP contribution in [0.5, 0.6) is 0 Å². The molecule has 2 aromatic heterocycles. The van der Waals surface area contributed by atoms with E-state index in [-0.39, 0.29) is 0 Å². The molecule has 1 fully saturated rings. The second-order valence-corrected chi connectivity index (χ2v) is 6.62. The summed E-state index contributed by atoms with van der Waals surface area (Å²) >= 11 is 1.63. The van der Waals surface area contributed by atoms with Gasteiger partial charge in [-0.05, 0) is 23.9 Å². The molecule has 0 saturated carbocycles. The molecule has 0 amide bonds. The van der Waals surface area contributed by atoms with Crippen molar-refractivity contribution in [1.82, 2.24) is 15.0 Å². The maximum Gasteiger partial charge on any atom is 0.232 e. The molecule has 5 heteroatoms. The van der Waals surface area contributed by atoms with Crippen molar-refractivity contribution in [2.75, 3.05) is 13.1 Å². The van der Waals surface area contributed by atoms with Gasteiger partial charge in [0.25, 0.3) is 0 Å². The molecule has 0 radical (unpaired) electrons. The van der Waals surface area contributed by atoms with E-state index in [2.05, 4.69) is 52.3 Å². The topological polar surface area (TPSA) is 42.2 Å². The summed E-state index contributed by atoms with van der Waals surface area (Å²) in [6, 6.07) is 15.0. The van der Waals surface area contributed by atoms with Gasteiger partial charge in [-0.3, -0.25) is 4.90 Å². The van der Waals surface area contributed by atoms with Crippen LogP contribution in [0.4, 0.5) is 0 Å². The van der Waals surface area contributed by atoms with E-state index in [0.29, 0.717) is 17.8 Å². The van der Waals surface area contributed by atoms with Crippen molar-refractivity contribution in [1.29, 1.82) is 0 Å². The minimum absolute atomic E-state index is 0.354. The fraction of sp³-hybridized carbons (Fsp3) is 0.294. The lowest BCUT2D eigenvalue weighted by molar-refractivity contribution is 0.0835. The van der Waals surface area contributed by atoms with Crippen LogP contribution in [0.25, 0.3) is 10.7 Å². The molecule has 1 aliphatic heterocycles. The zero-order chi connectivity index (χ0) is 14.9. The van der Waals surface area contributed by atoms with Gasteiger partial charge < -0.3 is 4.52 Å². The van der Waals surface area contributed by atoms with Gasteiger partial charge in [-0.25, -0.2) is 0 Å². The predicted octanol–water partition coefficient (Wildman–Crippen LogP) is 3.96. The lowest BCUT2D eigenvalue weighted by Crippen LogP contribution is -2.46. The number of benzene rings is 1. The number of likely N-dealkylation sites (tertiary alicyclic amines) is 1. The summed E-state index contributed by atoms with van der Waals surface area (Å²) in [5.41, 5.74) is 1.35. The first-order valence-electron chi connectivity index (χ1n) is 7.48. The van der Waals surface area contributed by atoms with Gasteiger partial charge >= 0.3 is 0 Å². The maximum atomic E-state index is 5.45. The standard InChI is InChI=1S/C17H17N3OS/c1-12(13-6-3-2-4-7-13)20-10-14(11-20)17-18-16(19-21-17)15-8-5-9-22-15/h2-9,12,14H,10-11H2,1H3. The van der Waals surface area contributed by atoms with E-state index in [1.54, 1.807) is 11.3 Å². The van der Waals surface area contributed by atoms with Crippen LogP contribution in [0.15, 0.2) is 52.4 Å². The average Bonchev–Trinajstić information content (AvgIpc) is 3.17. The normalized spacial score (nSPS) is 17.3. The summed E-state index contributed by atoms with van der Waals surface area (Å²) in [4.78, 5) is 8.05. The second-order valence-electron chi connectivity index (χ2n) is 5.67. The fourth-order valence-corrected chi connectivity index (χ4v) is 3.48. The molecule has 3 heterocycles. The Labute approximate surface area is 133 Å². The Kier molecular flexibility index (Phi) is 3.52. The van der Waals surface area contributed by atoms with Gasteiger partial charge in [0, 0.05) is 19.1 Å². The number of hydrogen-bond acceptors (Lipinski definition) is 5. The van der Waals surface area contributed by atoms with E-state index in [4.69, 9.17) is 4.52 Å². The zero-order valence-electron chi connectivity index (χ0n) is 12.3. The van der Waals surface area contributed by atoms with Gasteiger partial charge in [0.15, 0.2) is 0 Å². The highest BCUT2D eigenvalue weighted by Crippen LogP contribution is 2.34. The van der Waals surface area contributed by atoms with Crippen molar-refractivity contribution in [3.05, 3.63) is 59.3 Å². The first kappa shape index (κ1) is 13.7. The molecule has 3 aromatic rings. The quantitative estimate of drug-likeness (QED) is 0.731. The van der Waals surface area contributed by atoms with E-state index >= 15 is 0 Å². The van der Waals surface area contributed by atoms with Crippen LogP contribution in [0.2, 0.25) is 0 Å². The highest BCUT2D eigenvalue weighted by Gasteiger charge is 2.35. The van der Waals surface area contributed by atoms with Crippen LogP contribution in [-0.4, -0.2) is 28.1 Å². The molecule has 112 valence electrons. The highest BCUT2D eigenvalue weighted by molar-refractivity contribution is 7.13. The first-order valence-corrected chi connectivity index (χ1v) is 8.35. The van der Waals surface area contributed by atoms with Crippen LogP contribution < -0.4 is 0 Å². The van der Waals surface area contributed by atoms with Crippen molar-refractivity contribution in [3.8, 4) is 10.7 Å². The first-order chi connectivity index (χ1) is 10.8. The molecule has 22 heavy (non-hydrogen) atoms. The molecule has 4 nitrogen and oxygen atoms in total. The third kappa shape index (κ3) is 2.46. The van der Waals surface area contributed by atoms with Gasteiger partial charge in [-0.15, -0.1) is 11.3 Å². The Balaban J connectivity index is 1.41. The van der Waals surface area contributed by atoms with Gasteiger partial charge in [-0.2, -0.15) is 4.98 Å². The Bertz CT molecular complexity index is 732. The minimum atomic E-state index is 0.354. The summed E-state index contributed by atoms with van der Waals surface area (Å²) in [5.74, 6) is 1.83. The Hall–Kier alpha value is -1.98. The van der Waals surface area contributed by atoms with Crippen LogP contribution >= 0.6 is 11.3 Å². The number of hydrogen-bond donors (Lipinski definition) is 0. The zero-order valence-corrected chi connectivity index (χ0v) is 13.2. The number of thiophene rings is 1. The van der Waals surface area contributed by atoms with E-state index in [9.17, 15) is 0 Å². The molecular weight excluding hydrogens is 294 g/mol. The molecule has 1 unspecified atom stereocenters. The molecule has 1 saturated heterocycles. The number of rotatable bonds is 4. The summed E-state index contributed by atoms with van der Waals surface area (Å²) in [5, 5.41) is 6.12. The lowest BCUT2D eigenvalue weighted by Gasteiger charge is -2.41. The van der Waals surface area contributed by atoms with E-state index < -0.39 is 0 Å². The molecule has 1 aliphatic rings. The van der Waals surface area contributed by atoms with Crippen LogP contribution in [0.1, 0.15) is 30.3 Å². The molecule has 0 N–H and O–H groups in total. The molecule has 0 bridgehead atoms. The third-order valence-electron chi connectivity index (χ3n) is 4.27. The van der Waals surface area contributed by atoms with Crippen molar-refractivity contribution in [2.45, 2.75) is 18.9 Å². The summed E-state index contributed by atoms with van der Waals surface area (Å²) in [6.07, 6.45) is 0. The molecule has 1 aromatic carbocycles. The van der Waals surface area contributed by atoms with E-state index in [1.807, 2.05) is 17.5 Å². The molecule has 0 spiro atoms. The lowest BCUT2D eigenvalue weighted by atomic mass is 9.95. The van der Waals surface area contributed by atoms with Crippen molar-refractivity contribution in [2.24, 2.45) is 0 Å². The molecule has 4 rings (SSSR count). The van der Waals surface area contributed by atoms with Crippen molar-refractivity contribution in [3.63, 3.8) is 0 Å². The third-order valence-corrected chi connectivity index (χ3v) is 5.14. The summed E-state index contributed by atoms with van der Waals surface area (Å²) < 4.78 is 5.45. The number of nitrogens with zero attached hydrogens (tertiary/aromatic N) is 3. The minimum Gasteiger partial charge on any atom is -0.339 e. The van der Waals surface area contributed by atoms with Gasteiger partial charge in [0.2, 0.25) is 11.7 Å². The largest absolute Gasteiger partial charge is 0.339 e. The monoisotopic (exact) mass is 311 g/mol. The molecule has 1 atom stereocenters. The van der Waals surface area contributed by atoms with E-state index in [0.717, 1.165) is 23.9 Å². The SMILES string of the molecule is CC(c1ccccc1)N1CC(c2nc(-c3cccs3)no2)C1. The van der Waals surface area contributed by atoms with Crippen LogP contribution in [-0.2, 0) is 0 Å². The van der Waals surface area contributed by atoms with Gasteiger partial charge in [0.05, 0.1) is 10.8 Å². The van der Waals surface area contributed by atoms with Gasteiger partial charge in [0.1, 0.15) is 0 Å². The summed E-state index contributed by atoms with van der Waals surface area (Å²) in [6.45, 7) is 4.20. The van der Waals surface area contributed by atoms with Gasteiger partial charge in [-0.1, -0.05) is 41.6 Å². The Morgan fingerprint density at radius 1 is 1.18 bits per heavy atom. The van der Waals surface area contributed by atoms with Crippen molar-refractivity contribution < 1.29 is 4.52 Å².